The SMILES string of the molecule is CC(C)Cc1cncc(OC2CCNCC2)n1. The Morgan fingerprint density at radius 2 is 2.12 bits per heavy atom. The van der Waals surface area contributed by atoms with Crippen LogP contribution in [0.3, 0.4) is 0 Å². The fraction of sp³-hybridized carbons (Fsp3) is 0.692. The van der Waals surface area contributed by atoms with Gasteiger partial charge in [-0.15, -0.1) is 0 Å². The summed E-state index contributed by atoms with van der Waals surface area (Å²) in [4.78, 5) is 8.70. The second kappa shape index (κ2) is 5.96. The molecule has 1 aromatic heterocycles. The molecular formula is C13H21N3O. The molecular weight excluding hydrogens is 214 g/mol. The summed E-state index contributed by atoms with van der Waals surface area (Å²) in [6.45, 7) is 6.43. The maximum absolute atomic E-state index is 5.86. The Balaban J connectivity index is 1.95. The van der Waals surface area contributed by atoms with Crippen molar-refractivity contribution in [1.82, 2.24) is 15.3 Å². The molecule has 0 spiro atoms. The van der Waals surface area contributed by atoms with Gasteiger partial charge in [-0.3, -0.25) is 4.98 Å². The fourth-order valence-corrected chi connectivity index (χ4v) is 2.04. The molecule has 0 radical (unpaired) electrons. The van der Waals surface area contributed by atoms with Crippen LogP contribution in [0, 0.1) is 5.92 Å². The van der Waals surface area contributed by atoms with Crippen molar-refractivity contribution < 1.29 is 4.74 Å². The van der Waals surface area contributed by atoms with Crippen molar-refractivity contribution in [2.24, 2.45) is 5.92 Å². The van der Waals surface area contributed by atoms with Crippen molar-refractivity contribution in [2.75, 3.05) is 13.1 Å². The Morgan fingerprint density at radius 1 is 1.35 bits per heavy atom. The highest BCUT2D eigenvalue weighted by Gasteiger charge is 2.15. The van der Waals surface area contributed by atoms with Crippen molar-refractivity contribution in [3.63, 3.8) is 0 Å². The minimum absolute atomic E-state index is 0.292. The molecule has 0 atom stereocenters. The highest BCUT2D eigenvalue weighted by Crippen LogP contribution is 2.14. The minimum atomic E-state index is 0.292. The fourth-order valence-electron chi connectivity index (χ4n) is 2.04. The van der Waals surface area contributed by atoms with Gasteiger partial charge in [0.2, 0.25) is 5.88 Å². The maximum atomic E-state index is 5.86. The van der Waals surface area contributed by atoms with Crippen molar-refractivity contribution in [2.45, 2.75) is 39.2 Å². The van der Waals surface area contributed by atoms with Gasteiger partial charge in [0.05, 0.1) is 11.9 Å². The second-order valence-electron chi connectivity index (χ2n) is 5.01. The Bertz CT molecular complexity index is 348. The van der Waals surface area contributed by atoms with Crippen LogP contribution in [0.1, 0.15) is 32.4 Å². The molecule has 1 N–H and O–H groups in total. The van der Waals surface area contributed by atoms with Crippen LogP contribution < -0.4 is 10.1 Å². The van der Waals surface area contributed by atoms with Gasteiger partial charge in [-0.05, 0) is 38.3 Å². The van der Waals surface area contributed by atoms with E-state index in [9.17, 15) is 0 Å². The van der Waals surface area contributed by atoms with Crippen LogP contribution in [0.25, 0.3) is 0 Å². The zero-order chi connectivity index (χ0) is 12.1. The molecule has 4 heteroatoms. The highest BCUT2D eigenvalue weighted by atomic mass is 16.5. The first-order chi connectivity index (χ1) is 8.24. The van der Waals surface area contributed by atoms with Crippen molar-refractivity contribution >= 4 is 0 Å². The standard InChI is InChI=1S/C13H21N3O/c1-10(2)7-11-8-15-9-13(16-11)17-12-3-5-14-6-4-12/h8-10,12,14H,3-7H2,1-2H3. The third kappa shape index (κ3) is 3.97. The lowest BCUT2D eigenvalue weighted by atomic mass is 10.1. The lowest BCUT2D eigenvalue weighted by molar-refractivity contribution is 0.155. The zero-order valence-corrected chi connectivity index (χ0v) is 10.6. The molecule has 4 nitrogen and oxygen atoms in total. The summed E-state index contributed by atoms with van der Waals surface area (Å²) in [5, 5.41) is 3.32. The molecule has 17 heavy (non-hydrogen) atoms. The first kappa shape index (κ1) is 12.3. The van der Waals surface area contributed by atoms with Crippen LogP contribution in [0.4, 0.5) is 0 Å². The molecule has 0 amide bonds. The first-order valence-corrected chi connectivity index (χ1v) is 6.42. The van der Waals surface area contributed by atoms with E-state index in [2.05, 4.69) is 29.1 Å². The third-order valence-corrected chi connectivity index (χ3v) is 2.85. The van der Waals surface area contributed by atoms with E-state index < -0.39 is 0 Å². The Hall–Kier alpha value is -1.16. The van der Waals surface area contributed by atoms with E-state index >= 15 is 0 Å². The largest absolute Gasteiger partial charge is 0.473 e. The van der Waals surface area contributed by atoms with Crippen LogP contribution in [0.2, 0.25) is 0 Å². The molecule has 0 aliphatic carbocycles. The minimum Gasteiger partial charge on any atom is -0.473 e. The topological polar surface area (TPSA) is 47.0 Å². The number of nitrogens with one attached hydrogen (secondary N) is 1. The van der Waals surface area contributed by atoms with Crippen molar-refractivity contribution in [3.05, 3.63) is 18.1 Å². The Morgan fingerprint density at radius 3 is 2.82 bits per heavy atom. The summed E-state index contributed by atoms with van der Waals surface area (Å²) in [5.41, 5.74) is 1.02. The molecule has 1 aliphatic rings. The molecule has 2 heterocycles. The van der Waals surface area contributed by atoms with Gasteiger partial charge in [0, 0.05) is 6.20 Å². The summed E-state index contributed by atoms with van der Waals surface area (Å²) in [5.74, 6) is 1.27. The molecule has 1 aliphatic heterocycles. The number of hydrogen-bond acceptors (Lipinski definition) is 4. The number of rotatable bonds is 4. The predicted molar refractivity (Wildman–Crippen MR) is 67.1 cm³/mol. The van der Waals surface area contributed by atoms with Gasteiger partial charge in [0.25, 0.3) is 0 Å². The number of nitrogens with zero attached hydrogens (tertiary/aromatic N) is 2. The van der Waals surface area contributed by atoms with Crippen LogP contribution >= 0.6 is 0 Å². The average molecular weight is 235 g/mol. The first-order valence-electron chi connectivity index (χ1n) is 6.42. The highest BCUT2D eigenvalue weighted by molar-refractivity contribution is 5.09. The lowest BCUT2D eigenvalue weighted by Crippen LogP contribution is -2.34. The summed E-state index contributed by atoms with van der Waals surface area (Å²) in [6, 6.07) is 0. The van der Waals surface area contributed by atoms with E-state index in [4.69, 9.17) is 4.74 Å². The summed E-state index contributed by atoms with van der Waals surface area (Å²) in [7, 11) is 0. The van der Waals surface area contributed by atoms with Gasteiger partial charge < -0.3 is 10.1 Å². The van der Waals surface area contributed by atoms with E-state index in [1.807, 2.05) is 6.20 Å². The summed E-state index contributed by atoms with van der Waals surface area (Å²) >= 11 is 0. The quantitative estimate of drug-likeness (QED) is 0.864. The maximum Gasteiger partial charge on any atom is 0.232 e. The smallest absolute Gasteiger partial charge is 0.232 e. The molecule has 94 valence electrons. The van der Waals surface area contributed by atoms with Gasteiger partial charge >= 0.3 is 0 Å². The normalized spacial score (nSPS) is 17.4. The Labute approximate surface area is 103 Å². The molecule has 0 unspecified atom stereocenters. The molecule has 1 fully saturated rings. The van der Waals surface area contributed by atoms with Crippen molar-refractivity contribution in [3.8, 4) is 5.88 Å². The zero-order valence-electron chi connectivity index (χ0n) is 10.6. The van der Waals surface area contributed by atoms with Gasteiger partial charge in [-0.25, -0.2) is 4.98 Å². The average Bonchev–Trinajstić information content (AvgIpc) is 2.30. The summed E-state index contributed by atoms with van der Waals surface area (Å²) in [6.07, 6.45) is 6.89. The number of aromatic nitrogens is 2. The van der Waals surface area contributed by atoms with Crippen molar-refractivity contribution in [1.29, 1.82) is 0 Å². The van der Waals surface area contributed by atoms with Gasteiger partial charge in [-0.1, -0.05) is 13.8 Å². The summed E-state index contributed by atoms with van der Waals surface area (Å²) < 4.78 is 5.86. The number of piperidine rings is 1. The van der Waals surface area contributed by atoms with E-state index in [1.165, 1.54) is 0 Å². The van der Waals surface area contributed by atoms with Gasteiger partial charge in [0.1, 0.15) is 6.10 Å². The number of ether oxygens (including phenoxy) is 1. The van der Waals surface area contributed by atoms with Crippen LogP contribution in [-0.4, -0.2) is 29.2 Å². The lowest BCUT2D eigenvalue weighted by Gasteiger charge is -2.23. The molecule has 1 saturated heterocycles. The van der Waals surface area contributed by atoms with Gasteiger partial charge in [-0.2, -0.15) is 0 Å². The molecule has 0 aromatic carbocycles. The number of hydrogen-bond donors (Lipinski definition) is 1. The van der Waals surface area contributed by atoms with Crippen LogP contribution in [0.5, 0.6) is 5.88 Å². The molecule has 2 rings (SSSR count). The predicted octanol–water partition coefficient (Wildman–Crippen LogP) is 1.81. The Kier molecular flexibility index (Phi) is 4.31. The molecule has 0 saturated carbocycles. The van der Waals surface area contributed by atoms with E-state index in [0.717, 1.165) is 38.0 Å². The van der Waals surface area contributed by atoms with Gasteiger partial charge in [0.15, 0.2) is 0 Å². The van der Waals surface area contributed by atoms with E-state index in [0.29, 0.717) is 17.9 Å². The molecule has 1 aromatic rings. The monoisotopic (exact) mass is 235 g/mol. The van der Waals surface area contributed by atoms with E-state index in [-0.39, 0.29) is 0 Å². The third-order valence-electron chi connectivity index (χ3n) is 2.85. The van der Waals surface area contributed by atoms with E-state index in [1.54, 1.807) is 6.20 Å². The molecule has 0 bridgehead atoms. The second-order valence-corrected chi connectivity index (χ2v) is 5.01. The van der Waals surface area contributed by atoms with Crippen LogP contribution in [0.15, 0.2) is 12.4 Å². The van der Waals surface area contributed by atoms with Crippen LogP contribution in [-0.2, 0) is 6.42 Å².